The molecule has 0 spiro atoms. The fraction of sp³-hybridized carbons (Fsp3) is 0. The fourth-order valence-corrected chi connectivity index (χ4v) is 4.82. The quantitative estimate of drug-likeness (QED) is 0.334. The van der Waals surface area contributed by atoms with E-state index in [2.05, 4.69) is 108 Å². The Labute approximate surface area is 164 Å². The van der Waals surface area contributed by atoms with Crippen LogP contribution in [0.3, 0.4) is 0 Å². The van der Waals surface area contributed by atoms with Gasteiger partial charge in [0, 0.05) is 17.1 Å². The van der Waals surface area contributed by atoms with Crippen molar-refractivity contribution < 1.29 is 0 Å². The lowest BCUT2D eigenvalue weighted by Crippen LogP contribution is -2.54. The van der Waals surface area contributed by atoms with E-state index >= 15 is 0 Å². The second-order valence-electron chi connectivity index (χ2n) is 7.33. The summed E-state index contributed by atoms with van der Waals surface area (Å²) in [4.78, 5) is 6.65. The molecule has 2 heterocycles. The number of hydrogen-bond acceptors (Lipinski definition) is 2. The summed E-state index contributed by atoms with van der Waals surface area (Å²) >= 11 is 0. The average Bonchev–Trinajstić information content (AvgIpc) is 3.10. The number of nitrogens with zero attached hydrogens (tertiary/aromatic N) is 2. The molecule has 2 aliphatic rings. The van der Waals surface area contributed by atoms with Crippen LogP contribution < -0.4 is 21.3 Å². The summed E-state index contributed by atoms with van der Waals surface area (Å²) in [6.07, 6.45) is 0. The molecule has 6 rings (SSSR count). The molecule has 130 valence electrons. The first-order chi connectivity index (χ1) is 13.9. The molecule has 28 heavy (non-hydrogen) atoms. The Kier molecular flexibility index (Phi) is 3.15. The van der Waals surface area contributed by atoms with Gasteiger partial charge in [0.2, 0.25) is 6.71 Å². The Morgan fingerprint density at radius 3 is 2.21 bits per heavy atom. The van der Waals surface area contributed by atoms with Gasteiger partial charge in [-0.05, 0) is 59.1 Å². The van der Waals surface area contributed by atoms with Crippen molar-refractivity contribution in [3.05, 3.63) is 91.0 Å². The summed E-state index contributed by atoms with van der Waals surface area (Å²) in [5.74, 6) is 0. The van der Waals surface area contributed by atoms with Gasteiger partial charge in [0.15, 0.2) is 0 Å². The summed E-state index contributed by atoms with van der Waals surface area (Å²) in [5.41, 5.74) is 11.2. The van der Waals surface area contributed by atoms with Gasteiger partial charge in [-0.15, -0.1) is 0 Å². The highest BCUT2D eigenvalue weighted by molar-refractivity contribution is 7.01. The van der Waals surface area contributed by atoms with E-state index in [9.17, 15) is 0 Å². The molecular weight excluding hydrogens is 339 g/mol. The Balaban J connectivity index is 1.76. The molecule has 0 amide bonds. The number of para-hydroxylation sites is 2. The van der Waals surface area contributed by atoms with Crippen LogP contribution >= 0.6 is 0 Å². The summed E-state index contributed by atoms with van der Waals surface area (Å²) in [6.45, 7) is 4.06. The summed E-state index contributed by atoms with van der Waals surface area (Å²) < 4.78 is 0. The third-order valence-electron chi connectivity index (χ3n) is 5.92. The maximum Gasteiger partial charge on any atom is 0.248 e. The molecular formula is C25H17BN2. The van der Waals surface area contributed by atoms with Gasteiger partial charge in [-0.25, -0.2) is 0 Å². The minimum atomic E-state index is 0.260. The lowest BCUT2D eigenvalue weighted by Gasteiger charge is -2.36. The minimum Gasteiger partial charge on any atom is -0.311 e. The smallest absolute Gasteiger partial charge is 0.248 e. The van der Waals surface area contributed by atoms with Crippen molar-refractivity contribution in [2.24, 2.45) is 4.99 Å². The molecule has 0 unspecified atom stereocenters. The molecule has 0 saturated heterocycles. The lowest BCUT2D eigenvalue weighted by atomic mass is 9.37. The van der Waals surface area contributed by atoms with Crippen molar-refractivity contribution in [3.8, 4) is 11.1 Å². The fourth-order valence-electron chi connectivity index (χ4n) is 4.82. The normalized spacial score (nSPS) is 13.0. The zero-order valence-corrected chi connectivity index (χ0v) is 15.3. The summed E-state index contributed by atoms with van der Waals surface area (Å²) in [6, 6.07) is 32.4. The second kappa shape index (κ2) is 5.70. The van der Waals surface area contributed by atoms with Gasteiger partial charge in [0.05, 0.1) is 5.69 Å². The van der Waals surface area contributed by atoms with Crippen LogP contribution in [0.1, 0.15) is 0 Å². The number of hydrogen-bond donors (Lipinski definition) is 0. The molecule has 3 heteroatoms. The van der Waals surface area contributed by atoms with E-state index in [0.717, 1.165) is 11.4 Å². The highest BCUT2D eigenvalue weighted by Crippen LogP contribution is 2.42. The standard InChI is InChI=1S/C25H17BN2/c1-27-17-15-20-19-11-5-6-12-21(19)26-22-13-7-8-14-23(22)28(24(16-17)25(20)26)18-9-3-2-4-10-18/h2-16H,1H2. The monoisotopic (exact) mass is 356 g/mol. The maximum absolute atomic E-state index is 4.29. The summed E-state index contributed by atoms with van der Waals surface area (Å²) in [5, 5.41) is 0. The third kappa shape index (κ3) is 1.96. The number of aliphatic imine (C=N–C) groups is 1. The van der Waals surface area contributed by atoms with Crippen LogP contribution in [0, 0.1) is 0 Å². The molecule has 0 saturated carbocycles. The Morgan fingerprint density at radius 2 is 1.39 bits per heavy atom. The lowest BCUT2D eigenvalue weighted by molar-refractivity contribution is 1.29. The Hall–Kier alpha value is -3.59. The zero-order chi connectivity index (χ0) is 18.7. The van der Waals surface area contributed by atoms with Crippen molar-refractivity contribution in [3.63, 3.8) is 0 Å². The van der Waals surface area contributed by atoms with E-state index in [1.54, 1.807) is 0 Å². The van der Waals surface area contributed by atoms with Crippen LogP contribution in [-0.4, -0.2) is 13.4 Å². The summed E-state index contributed by atoms with van der Waals surface area (Å²) in [7, 11) is 0. The van der Waals surface area contributed by atoms with Gasteiger partial charge in [-0.3, -0.25) is 4.99 Å². The first-order valence-corrected chi connectivity index (χ1v) is 9.55. The van der Waals surface area contributed by atoms with E-state index < -0.39 is 0 Å². The molecule has 2 nitrogen and oxygen atoms in total. The van der Waals surface area contributed by atoms with Crippen molar-refractivity contribution in [1.82, 2.24) is 0 Å². The Morgan fingerprint density at radius 1 is 0.679 bits per heavy atom. The van der Waals surface area contributed by atoms with E-state index in [-0.39, 0.29) is 6.71 Å². The average molecular weight is 356 g/mol. The molecule has 2 aliphatic heterocycles. The Bertz CT molecular complexity index is 1250. The predicted molar refractivity (Wildman–Crippen MR) is 120 cm³/mol. The maximum atomic E-state index is 4.29. The number of rotatable bonds is 2. The number of anilines is 3. The first kappa shape index (κ1) is 15.5. The van der Waals surface area contributed by atoms with Crippen molar-refractivity contribution >= 4 is 52.6 Å². The predicted octanol–water partition coefficient (Wildman–Crippen LogP) is 4.30. The minimum absolute atomic E-state index is 0.260. The molecule has 0 bridgehead atoms. The van der Waals surface area contributed by atoms with Crippen LogP contribution in [0.4, 0.5) is 22.7 Å². The topological polar surface area (TPSA) is 15.6 Å². The second-order valence-corrected chi connectivity index (χ2v) is 7.33. The van der Waals surface area contributed by atoms with Gasteiger partial charge in [-0.1, -0.05) is 66.1 Å². The molecule has 0 N–H and O–H groups in total. The van der Waals surface area contributed by atoms with Gasteiger partial charge in [0.25, 0.3) is 0 Å². The number of fused-ring (bicyclic) bond motifs is 5. The van der Waals surface area contributed by atoms with E-state index in [4.69, 9.17) is 0 Å². The molecule has 4 aromatic rings. The number of benzene rings is 4. The zero-order valence-electron chi connectivity index (χ0n) is 15.3. The molecule has 0 radical (unpaired) electrons. The molecule has 0 atom stereocenters. The molecule has 0 aromatic heterocycles. The van der Waals surface area contributed by atoms with Crippen LogP contribution in [0.25, 0.3) is 11.1 Å². The third-order valence-corrected chi connectivity index (χ3v) is 5.92. The first-order valence-electron chi connectivity index (χ1n) is 9.55. The largest absolute Gasteiger partial charge is 0.311 e. The van der Waals surface area contributed by atoms with E-state index in [1.807, 2.05) is 0 Å². The van der Waals surface area contributed by atoms with Crippen LogP contribution in [0.5, 0.6) is 0 Å². The molecule has 4 aromatic carbocycles. The van der Waals surface area contributed by atoms with Gasteiger partial charge < -0.3 is 4.90 Å². The SMILES string of the molecule is C=Nc1cc2c3c(c1)N(c1ccccc1)c1ccccc1B3c1ccccc1-2. The van der Waals surface area contributed by atoms with Gasteiger partial charge in [0.1, 0.15) is 0 Å². The molecule has 0 fully saturated rings. The molecule has 0 aliphatic carbocycles. The van der Waals surface area contributed by atoms with Gasteiger partial charge in [-0.2, -0.15) is 0 Å². The van der Waals surface area contributed by atoms with Gasteiger partial charge >= 0.3 is 0 Å². The van der Waals surface area contributed by atoms with Crippen LogP contribution in [-0.2, 0) is 0 Å². The highest BCUT2D eigenvalue weighted by Gasteiger charge is 2.42. The van der Waals surface area contributed by atoms with Crippen molar-refractivity contribution in [2.75, 3.05) is 4.90 Å². The van der Waals surface area contributed by atoms with Crippen LogP contribution in [0.2, 0.25) is 0 Å². The van der Waals surface area contributed by atoms with Crippen molar-refractivity contribution in [1.29, 1.82) is 0 Å². The van der Waals surface area contributed by atoms with E-state index in [0.29, 0.717) is 0 Å². The van der Waals surface area contributed by atoms with Crippen molar-refractivity contribution in [2.45, 2.75) is 0 Å². The highest BCUT2D eigenvalue weighted by atomic mass is 15.2. The van der Waals surface area contributed by atoms with E-state index in [1.165, 1.54) is 38.9 Å². The van der Waals surface area contributed by atoms with Crippen LogP contribution in [0.15, 0.2) is 96.0 Å².